The van der Waals surface area contributed by atoms with E-state index in [0.29, 0.717) is 49.9 Å². The average Bonchev–Trinajstić information content (AvgIpc) is 2.77. The molecule has 1 atom stereocenters. The predicted molar refractivity (Wildman–Crippen MR) is 120 cm³/mol. The van der Waals surface area contributed by atoms with Gasteiger partial charge in [-0.2, -0.15) is 0 Å². The lowest BCUT2D eigenvalue weighted by molar-refractivity contribution is -0.00185. The Labute approximate surface area is 191 Å². The van der Waals surface area contributed by atoms with Crippen molar-refractivity contribution in [3.8, 4) is 22.8 Å². The molecule has 2 heterocycles. The van der Waals surface area contributed by atoms with Crippen LogP contribution in [0.15, 0.2) is 23.1 Å². The minimum Gasteiger partial charge on any atom is -0.493 e. The minimum absolute atomic E-state index is 0.0985. The van der Waals surface area contributed by atoms with E-state index in [9.17, 15) is 9.59 Å². The number of aromatic nitrogens is 1. The molecular formula is C24H30FNO7. The normalized spacial score (nSPS) is 17.5. The highest BCUT2D eigenvalue weighted by Gasteiger charge is 2.33. The molecule has 1 aliphatic rings. The summed E-state index contributed by atoms with van der Waals surface area (Å²) in [5.41, 5.74) is -0.922. The first-order chi connectivity index (χ1) is 15.7. The van der Waals surface area contributed by atoms with Gasteiger partial charge in [-0.3, -0.25) is 4.79 Å². The number of carboxylic acid groups (broad SMARTS) is 1. The fourth-order valence-electron chi connectivity index (χ4n) is 4.11. The van der Waals surface area contributed by atoms with Gasteiger partial charge in [0.15, 0.2) is 17.3 Å². The number of rotatable bonds is 9. The highest BCUT2D eigenvalue weighted by atomic mass is 19.1. The van der Waals surface area contributed by atoms with Crippen molar-refractivity contribution in [2.24, 2.45) is 5.41 Å². The molecule has 33 heavy (non-hydrogen) atoms. The molecule has 8 nitrogen and oxygen atoms in total. The van der Waals surface area contributed by atoms with Crippen LogP contribution in [0.1, 0.15) is 48.5 Å². The van der Waals surface area contributed by atoms with Crippen molar-refractivity contribution in [1.29, 1.82) is 0 Å². The van der Waals surface area contributed by atoms with Gasteiger partial charge in [-0.05, 0) is 29.5 Å². The van der Waals surface area contributed by atoms with Crippen LogP contribution in [0.5, 0.6) is 11.5 Å². The Morgan fingerprint density at radius 1 is 1.27 bits per heavy atom. The number of halogens is 1. The Morgan fingerprint density at radius 2 is 2.03 bits per heavy atom. The SMILES string of the molecule is COCCCOc1cc([C@H]2COCC(C)(C)C2)c(-c2[nH]cc(C(=O)O)c(=O)c2F)cc1OC. The summed E-state index contributed by atoms with van der Waals surface area (Å²) in [5.74, 6) is -1.91. The number of nitrogens with one attached hydrogen (secondary N) is 1. The molecule has 2 N–H and O–H groups in total. The summed E-state index contributed by atoms with van der Waals surface area (Å²) in [5, 5.41) is 9.16. The van der Waals surface area contributed by atoms with Crippen LogP contribution >= 0.6 is 0 Å². The molecule has 1 aromatic heterocycles. The summed E-state index contributed by atoms with van der Waals surface area (Å²) in [6, 6.07) is 3.40. The maximum atomic E-state index is 15.1. The second-order valence-corrected chi connectivity index (χ2v) is 8.89. The molecule has 1 aliphatic heterocycles. The van der Waals surface area contributed by atoms with Crippen LogP contribution in [0.2, 0.25) is 0 Å². The monoisotopic (exact) mass is 463 g/mol. The third-order valence-electron chi connectivity index (χ3n) is 5.66. The highest BCUT2D eigenvalue weighted by molar-refractivity contribution is 5.87. The average molecular weight is 464 g/mol. The quantitative estimate of drug-likeness (QED) is 0.544. The van der Waals surface area contributed by atoms with Crippen LogP contribution in [0, 0.1) is 11.2 Å². The van der Waals surface area contributed by atoms with Gasteiger partial charge in [0.05, 0.1) is 32.6 Å². The number of hydrogen-bond donors (Lipinski definition) is 2. The Bertz CT molecular complexity index is 1060. The van der Waals surface area contributed by atoms with Gasteiger partial charge in [0.25, 0.3) is 0 Å². The molecule has 2 aromatic rings. The molecule has 1 aromatic carbocycles. The summed E-state index contributed by atoms with van der Waals surface area (Å²) in [4.78, 5) is 26.3. The van der Waals surface area contributed by atoms with Crippen LogP contribution in [0.25, 0.3) is 11.3 Å². The second kappa shape index (κ2) is 10.4. The number of ether oxygens (including phenoxy) is 4. The van der Waals surface area contributed by atoms with Crippen molar-refractivity contribution in [3.63, 3.8) is 0 Å². The summed E-state index contributed by atoms with van der Waals surface area (Å²) >= 11 is 0. The number of pyridine rings is 1. The van der Waals surface area contributed by atoms with Gasteiger partial charge in [0, 0.05) is 37.8 Å². The lowest BCUT2D eigenvalue weighted by atomic mass is 9.77. The summed E-state index contributed by atoms with van der Waals surface area (Å²) in [6.45, 7) is 6.15. The lowest BCUT2D eigenvalue weighted by Gasteiger charge is -2.36. The Kier molecular flexibility index (Phi) is 7.76. The van der Waals surface area contributed by atoms with E-state index in [1.807, 2.05) is 0 Å². The van der Waals surface area contributed by atoms with Gasteiger partial charge in [-0.25, -0.2) is 9.18 Å². The molecule has 0 unspecified atom stereocenters. The molecule has 0 bridgehead atoms. The Hall–Kier alpha value is -2.91. The molecule has 180 valence electrons. The number of aromatic amines is 1. The molecule has 0 spiro atoms. The number of H-pyrrole nitrogens is 1. The Morgan fingerprint density at radius 3 is 2.67 bits per heavy atom. The van der Waals surface area contributed by atoms with E-state index in [1.54, 1.807) is 19.2 Å². The van der Waals surface area contributed by atoms with E-state index in [2.05, 4.69) is 18.8 Å². The highest BCUT2D eigenvalue weighted by Crippen LogP contribution is 2.44. The lowest BCUT2D eigenvalue weighted by Crippen LogP contribution is -2.31. The largest absolute Gasteiger partial charge is 0.493 e. The summed E-state index contributed by atoms with van der Waals surface area (Å²) < 4.78 is 37.4. The first-order valence-corrected chi connectivity index (χ1v) is 10.7. The molecule has 0 saturated carbocycles. The van der Waals surface area contributed by atoms with E-state index in [0.717, 1.165) is 18.2 Å². The van der Waals surface area contributed by atoms with E-state index < -0.39 is 22.8 Å². The first-order valence-electron chi connectivity index (χ1n) is 10.7. The summed E-state index contributed by atoms with van der Waals surface area (Å²) in [7, 11) is 3.09. The molecule has 0 aliphatic carbocycles. The maximum Gasteiger partial charge on any atom is 0.341 e. The second-order valence-electron chi connectivity index (χ2n) is 8.89. The van der Waals surface area contributed by atoms with Gasteiger partial charge in [-0.1, -0.05) is 13.8 Å². The topological polar surface area (TPSA) is 107 Å². The van der Waals surface area contributed by atoms with Crippen molar-refractivity contribution in [2.45, 2.75) is 32.6 Å². The molecule has 0 amide bonds. The van der Waals surface area contributed by atoms with E-state index in [4.69, 9.17) is 24.1 Å². The van der Waals surface area contributed by atoms with E-state index in [-0.39, 0.29) is 17.0 Å². The van der Waals surface area contributed by atoms with Crippen molar-refractivity contribution < 1.29 is 33.2 Å². The number of aromatic carboxylic acids is 1. The summed E-state index contributed by atoms with van der Waals surface area (Å²) in [6.07, 6.45) is 2.46. The zero-order chi connectivity index (χ0) is 24.2. The van der Waals surface area contributed by atoms with Crippen LogP contribution in [0.3, 0.4) is 0 Å². The van der Waals surface area contributed by atoms with Crippen molar-refractivity contribution >= 4 is 5.97 Å². The standard InChI is InChI=1S/C24H30FNO7/c1-24(2)10-14(12-32-13-24)15-8-19(33-7-5-6-30-3)18(31-4)9-16(15)21-20(25)22(27)17(11-26-21)23(28)29/h8-9,11,14H,5-7,10,12-13H2,1-4H3,(H,26,27)(H,28,29)/t14-/m1/s1. The van der Waals surface area contributed by atoms with E-state index in [1.165, 1.54) is 7.11 Å². The van der Waals surface area contributed by atoms with Crippen LogP contribution in [0.4, 0.5) is 4.39 Å². The Balaban J connectivity index is 2.14. The van der Waals surface area contributed by atoms with E-state index >= 15 is 4.39 Å². The third-order valence-corrected chi connectivity index (χ3v) is 5.66. The predicted octanol–water partition coefficient (Wildman–Crippen LogP) is 3.83. The van der Waals surface area contributed by atoms with Gasteiger partial charge in [-0.15, -0.1) is 0 Å². The number of hydrogen-bond acceptors (Lipinski definition) is 6. The van der Waals surface area contributed by atoms with Crippen molar-refractivity contribution in [1.82, 2.24) is 4.98 Å². The minimum atomic E-state index is -1.50. The number of methoxy groups -OCH3 is 2. The molecule has 0 radical (unpaired) electrons. The smallest absolute Gasteiger partial charge is 0.341 e. The third kappa shape index (κ3) is 5.54. The van der Waals surface area contributed by atoms with Gasteiger partial charge >= 0.3 is 5.97 Å². The first kappa shape index (κ1) is 24.7. The van der Waals surface area contributed by atoms with Crippen LogP contribution < -0.4 is 14.9 Å². The number of carboxylic acids is 1. The molecule has 1 saturated heterocycles. The van der Waals surface area contributed by atoms with Crippen molar-refractivity contribution in [2.75, 3.05) is 40.6 Å². The number of benzene rings is 1. The van der Waals surface area contributed by atoms with Gasteiger partial charge < -0.3 is 29.0 Å². The van der Waals surface area contributed by atoms with Crippen LogP contribution in [-0.2, 0) is 9.47 Å². The molecule has 1 fully saturated rings. The fraction of sp³-hybridized carbons (Fsp3) is 0.500. The fourth-order valence-corrected chi connectivity index (χ4v) is 4.11. The maximum absolute atomic E-state index is 15.1. The zero-order valence-electron chi connectivity index (χ0n) is 19.3. The zero-order valence-corrected chi connectivity index (χ0v) is 19.3. The molecule has 3 rings (SSSR count). The molecular weight excluding hydrogens is 433 g/mol. The van der Waals surface area contributed by atoms with Gasteiger partial charge in [0.1, 0.15) is 5.56 Å². The van der Waals surface area contributed by atoms with Crippen LogP contribution in [-0.4, -0.2) is 56.7 Å². The van der Waals surface area contributed by atoms with Crippen molar-refractivity contribution in [3.05, 3.63) is 45.5 Å². The van der Waals surface area contributed by atoms with Gasteiger partial charge in [0.2, 0.25) is 5.43 Å². The number of carbonyl (C=O) groups is 1. The molecule has 9 heteroatoms.